The second kappa shape index (κ2) is 12.2. The first-order chi connectivity index (χ1) is 16.7. The molecule has 1 aliphatic carbocycles. The minimum absolute atomic E-state index is 0.0356. The fraction of sp³-hybridized carbons (Fsp3) is 0.593. The molecule has 3 amide bonds. The predicted molar refractivity (Wildman–Crippen MR) is 139 cm³/mol. The average molecular weight is 484 g/mol. The second-order valence-electron chi connectivity index (χ2n) is 10.5. The van der Waals surface area contributed by atoms with Crippen LogP contribution in [-0.4, -0.2) is 59.5 Å². The Morgan fingerprint density at radius 1 is 1.17 bits per heavy atom. The van der Waals surface area contributed by atoms with Crippen molar-refractivity contribution in [1.82, 2.24) is 20.0 Å². The van der Waals surface area contributed by atoms with Gasteiger partial charge in [0.1, 0.15) is 12.4 Å². The number of anilines is 1. The maximum absolute atomic E-state index is 13.2. The van der Waals surface area contributed by atoms with Crippen LogP contribution in [0.15, 0.2) is 30.3 Å². The number of carbonyl (C=O) groups excluding carboxylic acids is 2. The summed E-state index contributed by atoms with van der Waals surface area (Å²) in [7, 11) is 1.64. The molecular weight excluding hydrogens is 442 g/mol. The van der Waals surface area contributed by atoms with Gasteiger partial charge in [0.25, 0.3) is 0 Å². The highest BCUT2D eigenvalue weighted by Crippen LogP contribution is 2.27. The molecule has 2 N–H and O–H groups in total. The summed E-state index contributed by atoms with van der Waals surface area (Å²) in [5.41, 5.74) is 2.66. The number of hydrogen-bond donors (Lipinski definition) is 2. The Morgan fingerprint density at radius 2 is 1.89 bits per heavy atom. The second-order valence-corrected chi connectivity index (χ2v) is 10.5. The van der Waals surface area contributed by atoms with Crippen LogP contribution in [0.1, 0.15) is 70.6 Å². The first kappa shape index (κ1) is 26.7. The van der Waals surface area contributed by atoms with E-state index in [0.717, 1.165) is 42.6 Å². The van der Waals surface area contributed by atoms with E-state index in [4.69, 9.17) is 9.84 Å². The lowest BCUT2D eigenvalue weighted by Crippen LogP contribution is -2.48. The summed E-state index contributed by atoms with van der Waals surface area (Å²) >= 11 is 0. The molecule has 1 heterocycles. The van der Waals surface area contributed by atoms with E-state index in [2.05, 4.69) is 31.4 Å². The minimum Gasteiger partial charge on any atom is -0.385 e. The molecule has 1 saturated carbocycles. The van der Waals surface area contributed by atoms with Crippen LogP contribution in [0.5, 0.6) is 0 Å². The van der Waals surface area contributed by atoms with Gasteiger partial charge < -0.3 is 20.3 Å². The van der Waals surface area contributed by atoms with Crippen molar-refractivity contribution in [1.29, 1.82) is 0 Å². The lowest BCUT2D eigenvalue weighted by molar-refractivity contribution is -0.116. The monoisotopic (exact) mass is 483 g/mol. The Bertz CT molecular complexity index is 989. The van der Waals surface area contributed by atoms with Gasteiger partial charge in [-0.25, -0.2) is 9.48 Å². The molecule has 0 unspecified atom stereocenters. The summed E-state index contributed by atoms with van der Waals surface area (Å²) in [6.45, 7) is 9.25. The van der Waals surface area contributed by atoms with E-state index < -0.39 is 0 Å². The van der Waals surface area contributed by atoms with Gasteiger partial charge in [-0.2, -0.15) is 5.10 Å². The van der Waals surface area contributed by atoms with Gasteiger partial charge in [0.05, 0.1) is 11.4 Å². The highest BCUT2D eigenvalue weighted by molar-refractivity contribution is 5.94. The van der Waals surface area contributed by atoms with Crippen LogP contribution in [0.2, 0.25) is 0 Å². The Balaban J connectivity index is 1.77. The Labute approximate surface area is 209 Å². The third kappa shape index (κ3) is 7.56. The number of rotatable bonds is 9. The quantitative estimate of drug-likeness (QED) is 0.502. The molecule has 1 aromatic heterocycles. The zero-order chi connectivity index (χ0) is 25.4. The molecule has 0 radical (unpaired) electrons. The number of nitrogens with one attached hydrogen (secondary N) is 2. The Morgan fingerprint density at radius 3 is 2.54 bits per heavy atom. The van der Waals surface area contributed by atoms with E-state index in [9.17, 15) is 9.59 Å². The fourth-order valence-corrected chi connectivity index (χ4v) is 4.34. The topological polar surface area (TPSA) is 88.5 Å². The molecule has 1 fully saturated rings. The van der Waals surface area contributed by atoms with Gasteiger partial charge >= 0.3 is 6.03 Å². The molecule has 192 valence electrons. The number of amides is 3. The number of benzene rings is 1. The van der Waals surface area contributed by atoms with Gasteiger partial charge in [-0.3, -0.25) is 4.79 Å². The van der Waals surface area contributed by atoms with Crippen LogP contribution in [0.4, 0.5) is 10.6 Å². The summed E-state index contributed by atoms with van der Waals surface area (Å²) in [6.07, 6.45) is 6.14. The number of nitrogens with zero attached hydrogens (tertiary/aromatic N) is 3. The molecule has 0 bridgehead atoms. The number of para-hydroxylation sites is 1. The largest absolute Gasteiger partial charge is 0.385 e. The highest BCUT2D eigenvalue weighted by atomic mass is 16.5. The third-order valence-corrected chi connectivity index (χ3v) is 6.42. The van der Waals surface area contributed by atoms with Crippen molar-refractivity contribution in [3.63, 3.8) is 0 Å². The first-order valence-electron chi connectivity index (χ1n) is 12.7. The van der Waals surface area contributed by atoms with Crippen molar-refractivity contribution in [3.05, 3.63) is 41.6 Å². The molecule has 0 saturated heterocycles. The highest BCUT2D eigenvalue weighted by Gasteiger charge is 2.24. The first-order valence-corrected chi connectivity index (χ1v) is 12.7. The number of carbonyl (C=O) groups is 2. The minimum atomic E-state index is -0.253. The Kier molecular flexibility index (Phi) is 9.32. The van der Waals surface area contributed by atoms with E-state index >= 15 is 0 Å². The van der Waals surface area contributed by atoms with Crippen molar-refractivity contribution in [2.45, 2.75) is 77.7 Å². The molecule has 8 heteroatoms. The van der Waals surface area contributed by atoms with Crippen molar-refractivity contribution in [3.8, 4) is 5.69 Å². The molecule has 0 atom stereocenters. The molecule has 1 aliphatic rings. The van der Waals surface area contributed by atoms with Gasteiger partial charge in [-0.1, -0.05) is 58.2 Å². The standard InChI is InChI=1S/C27H41N5O3/c1-20-12-9-10-15-22(20)32-24(18-23(30-32)27(2,3)4)29-25(33)19-31(16-11-17-35-5)26(34)28-21-13-7-6-8-14-21/h9-10,12,15,18,21H,6-8,11,13-14,16-17,19H2,1-5H3,(H,28,34)(H,29,33). The fourth-order valence-electron chi connectivity index (χ4n) is 4.34. The molecule has 2 aromatic rings. The number of aryl methyl sites for hydroxylation is 1. The summed E-state index contributed by atoms with van der Waals surface area (Å²) in [6, 6.07) is 9.85. The molecule has 1 aromatic carbocycles. The smallest absolute Gasteiger partial charge is 0.318 e. The molecule has 8 nitrogen and oxygen atoms in total. The van der Waals surface area contributed by atoms with Gasteiger partial charge in [0.2, 0.25) is 5.91 Å². The predicted octanol–water partition coefficient (Wildman–Crippen LogP) is 4.80. The van der Waals surface area contributed by atoms with E-state index in [0.29, 0.717) is 25.4 Å². The van der Waals surface area contributed by atoms with Crippen LogP contribution in [0.25, 0.3) is 5.69 Å². The zero-order valence-electron chi connectivity index (χ0n) is 21.9. The number of methoxy groups -OCH3 is 1. The van der Waals surface area contributed by atoms with Crippen molar-refractivity contribution < 1.29 is 14.3 Å². The summed E-state index contributed by atoms with van der Waals surface area (Å²) < 4.78 is 6.95. The molecular formula is C27H41N5O3. The lowest BCUT2D eigenvalue weighted by atomic mass is 9.92. The van der Waals surface area contributed by atoms with Crippen molar-refractivity contribution in [2.75, 3.05) is 32.1 Å². The molecule has 3 rings (SSSR count). The zero-order valence-corrected chi connectivity index (χ0v) is 21.9. The van der Waals surface area contributed by atoms with E-state index in [1.807, 2.05) is 37.3 Å². The SMILES string of the molecule is COCCCN(CC(=O)Nc1cc(C(C)(C)C)nn1-c1ccccc1C)C(=O)NC1CCCCC1. The van der Waals surface area contributed by atoms with Gasteiger partial charge in [0.15, 0.2) is 0 Å². The maximum atomic E-state index is 13.2. The number of aromatic nitrogens is 2. The van der Waals surface area contributed by atoms with Crippen LogP contribution in [0.3, 0.4) is 0 Å². The van der Waals surface area contributed by atoms with Gasteiger partial charge in [0, 0.05) is 37.8 Å². The molecule has 0 aliphatic heterocycles. The summed E-state index contributed by atoms with van der Waals surface area (Å²) in [4.78, 5) is 27.8. The molecule has 35 heavy (non-hydrogen) atoms. The summed E-state index contributed by atoms with van der Waals surface area (Å²) in [5.74, 6) is 0.343. The lowest BCUT2D eigenvalue weighted by Gasteiger charge is -2.28. The number of hydrogen-bond acceptors (Lipinski definition) is 4. The molecule has 0 spiro atoms. The average Bonchev–Trinajstić information content (AvgIpc) is 3.23. The summed E-state index contributed by atoms with van der Waals surface area (Å²) in [5, 5.41) is 11.0. The number of ether oxygens (including phenoxy) is 1. The van der Waals surface area contributed by atoms with E-state index in [1.54, 1.807) is 16.7 Å². The van der Waals surface area contributed by atoms with E-state index in [-0.39, 0.29) is 29.9 Å². The van der Waals surface area contributed by atoms with Gasteiger partial charge in [-0.05, 0) is 37.8 Å². The van der Waals surface area contributed by atoms with Crippen LogP contribution in [0, 0.1) is 6.92 Å². The van der Waals surface area contributed by atoms with Crippen molar-refractivity contribution >= 4 is 17.8 Å². The number of urea groups is 1. The third-order valence-electron chi connectivity index (χ3n) is 6.42. The van der Waals surface area contributed by atoms with Crippen LogP contribution >= 0.6 is 0 Å². The van der Waals surface area contributed by atoms with Gasteiger partial charge in [-0.15, -0.1) is 0 Å². The van der Waals surface area contributed by atoms with E-state index in [1.165, 1.54) is 6.42 Å². The van der Waals surface area contributed by atoms with Crippen LogP contribution < -0.4 is 10.6 Å². The maximum Gasteiger partial charge on any atom is 0.318 e. The van der Waals surface area contributed by atoms with Crippen LogP contribution in [-0.2, 0) is 14.9 Å². The Hall–Kier alpha value is -2.87. The van der Waals surface area contributed by atoms with Crippen molar-refractivity contribution in [2.24, 2.45) is 0 Å². The normalized spacial score (nSPS) is 14.5.